The number of hydrogen-bond acceptors (Lipinski definition) is 4. The Morgan fingerprint density at radius 3 is 2.90 bits per heavy atom. The maximum atomic E-state index is 13.4. The number of carboxylic acid groups (broad SMARTS) is 1. The maximum Gasteiger partial charge on any atom is 0.338 e. The zero-order valence-corrected chi connectivity index (χ0v) is 11.8. The average Bonchev–Trinajstić information content (AvgIpc) is 2.84. The molecule has 0 radical (unpaired) electrons. The van der Waals surface area contributed by atoms with Crippen LogP contribution in [-0.4, -0.2) is 25.6 Å². The second-order valence-electron chi connectivity index (χ2n) is 4.39. The first-order chi connectivity index (χ1) is 10.1. The first-order valence-corrected chi connectivity index (χ1v) is 6.84. The molecule has 0 spiro atoms. The lowest BCUT2D eigenvalue weighted by atomic mass is 10.2. The molecule has 7 heteroatoms. The van der Waals surface area contributed by atoms with Crippen molar-refractivity contribution in [3.05, 3.63) is 48.2 Å². The molecule has 2 aromatic heterocycles. The highest BCUT2D eigenvalue weighted by molar-refractivity contribution is 7.99. The van der Waals surface area contributed by atoms with Crippen LogP contribution >= 0.6 is 11.8 Å². The highest BCUT2D eigenvalue weighted by Gasteiger charge is 2.13. The van der Waals surface area contributed by atoms with E-state index in [4.69, 9.17) is 5.11 Å². The van der Waals surface area contributed by atoms with Crippen LogP contribution in [0, 0.1) is 5.82 Å². The van der Waals surface area contributed by atoms with Gasteiger partial charge in [0.15, 0.2) is 0 Å². The number of rotatable bonds is 3. The molecule has 0 aliphatic carbocycles. The van der Waals surface area contributed by atoms with Gasteiger partial charge in [-0.05, 0) is 24.3 Å². The van der Waals surface area contributed by atoms with Crippen LogP contribution in [0.5, 0.6) is 0 Å². The first kappa shape index (κ1) is 13.6. The Morgan fingerprint density at radius 2 is 2.14 bits per heavy atom. The Bertz CT molecular complexity index is 847. The van der Waals surface area contributed by atoms with Crippen LogP contribution in [0.15, 0.2) is 46.7 Å². The summed E-state index contributed by atoms with van der Waals surface area (Å²) in [5.74, 6) is -2.05. The number of nitrogens with zero attached hydrogens (tertiary/aromatic N) is 3. The molecule has 0 atom stereocenters. The minimum Gasteiger partial charge on any atom is -0.478 e. The largest absolute Gasteiger partial charge is 0.478 e. The number of aromatic carboxylic acids is 1. The van der Waals surface area contributed by atoms with E-state index in [0.29, 0.717) is 9.92 Å². The summed E-state index contributed by atoms with van der Waals surface area (Å²) < 4.78 is 15.3. The third-order valence-electron chi connectivity index (χ3n) is 2.99. The van der Waals surface area contributed by atoms with Crippen LogP contribution in [-0.2, 0) is 7.05 Å². The summed E-state index contributed by atoms with van der Waals surface area (Å²) in [6.07, 6.45) is 3.34. The second-order valence-corrected chi connectivity index (χ2v) is 5.45. The smallest absolute Gasteiger partial charge is 0.338 e. The Balaban J connectivity index is 2.03. The molecule has 21 heavy (non-hydrogen) atoms. The second kappa shape index (κ2) is 5.17. The lowest BCUT2D eigenvalue weighted by Crippen LogP contribution is -2.00. The molecule has 2 heterocycles. The molecule has 1 N–H and O–H groups in total. The Morgan fingerprint density at radius 1 is 1.33 bits per heavy atom. The van der Waals surface area contributed by atoms with Gasteiger partial charge >= 0.3 is 5.97 Å². The number of carboxylic acids is 1. The third-order valence-corrected chi connectivity index (χ3v) is 3.97. The molecular weight excluding hydrogens is 293 g/mol. The predicted molar refractivity (Wildman–Crippen MR) is 76.0 cm³/mol. The van der Waals surface area contributed by atoms with E-state index in [1.165, 1.54) is 23.9 Å². The van der Waals surface area contributed by atoms with Crippen LogP contribution in [0.4, 0.5) is 4.39 Å². The summed E-state index contributed by atoms with van der Waals surface area (Å²) >= 11 is 1.25. The number of imidazole rings is 1. The molecule has 0 saturated carbocycles. The van der Waals surface area contributed by atoms with Gasteiger partial charge in [0.05, 0.1) is 17.4 Å². The SMILES string of the molecule is Cn1cnc2c(Sc3ccc(F)c(C(=O)O)c3)nccc21. The highest BCUT2D eigenvalue weighted by atomic mass is 32.2. The first-order valence-electron chi connectivity index (χ1n) is 6.03. The molecule has 0 fully saturated rings. The van der Waals surface area contributed by atoms with E-state index < -0.39 is 11.8 Å². The van der Waals surface area contributed by atoms with E-state index in [9.17, 15) is 9.18 Å². The van der Waals surface area contributed by atoms with Crippen molar-refractivity contribution in [2.75, 3.05) is 0 Å². The van der Waals surface area contributed by atoms with Crippen molar-refractivity contribution in [1.82, 2.24) is 14.5 Å². The molecule has 106 valence electrons. The zero-order valence-electron chi connectivity index (χ0n) is 10.9. The summed E-state index contributed by atoms with van der Waals surface area (Å²) in [5, 5.41) is 9.60. The summed E-state index contributed by atoms with van der Waals surface area (Å²) in [6.45, 7) is 0. The van der Waals surface area contributed by atoms with E-state index in [-0.39, 0.29) is 5.56 Å². The topological polar surface area (TPSA) is 68.0 Å². The normalized spacial score (nSPS) is 11.0. The molecule has 0 unspecified atom stereocenters. The minimum atomic E-state index is -1.29. The third kappa shape index (κ3) is 2.47. The summed E-state index contributed by atoms with van der Waals surface area (Å²) in [5.41, 5.74) is 1.30. The van der Waals surface area contributed by atoms with Gasteiger partial charge in [-0.1, -0.05) is 11.8 Å². The van der Waals surface area contributed by atoms with Gasteiger partial charge < -0.3 is 9.67 Å². The molecule has 3 aromatic rings. The fourth-order valence-corrected chi connectivity index (χ4v) is 2.86. The summed E-state index contributed by atoms with van der Waals surface area (Å²) in [6, 6.07) is 5.81. The van der Waals surface area contributed by atoms with Gasteiger partial charge in [0, 0.05) is 18.1 Å². The van der Waals surface area contributed by atoms with Crippen molar-refractivity contribution in [3.63, 3.8) is 0 Å². The van der Waals surface area contributed by atoms with E-state index >= 15 is 0 Å². The fourth-order valence-electron chi connectivity index (χ4n) is 1.96. The number of halogens is 1. The van der Waals surface area contributed by atoms with Crippen LogP contribution in [0.25, 0.3) is 11.0 Å². The zero-order chi connectivity index (χ0) is 15.0. The monoisotopic (exact) mass is 303 g/mol. The molecule has 0 bridgehead atoms. The van der Waals surface area contributed by atoms with Gasteiger partial charge in [0.25, 0.3) is 0 Å². The number of benzene rings is 1. The number of hydrogen-bond donors (Lipinski definition) is 1. The lowest BCUT2D eigenvalue weighted by Gasteiger charge is -2.04. The molecular formula is C14H10FN3O2S. The lowest BCUT2D eigenvalue weighted by molar-refractivity contribution is 0.0691. The Labute approximate surface area is 123 Å². The Hall–Kier alpha value is -2.41. The van der Waals surface area contributed by atoms with Gasteiger partial charge in [-0.25, -0.2) is 19.2 Å². The summed E-state index contributed by atoms with van der Waals surface area (Å²) in [7, 11) is 1.88. The quantitative estimate of drug-likeness (QED) is 0.805. The van der Waals surface area contributed by atoms with E-state index in [0.717, 1.165) is 17.1 Å². The van der Waals surface area contributed by atoms with Crippen LogP contribution in [0.2, 0.25) is 0 Å². The molecule has 0 amide bonds. The molecule has 0 saturated heterocycles. The number of fused-ring (bicyclic) bond motifs is 1. The van der Waals surface area contributed by atoms with Crippen molar-refractivity contribution < 1.29 is 14.3 Å². The fraction of sp³-hybridized carbons (Fsp3) is 0.0714. The molecule has 1 aromatic carbocycles. The van der Waals surface area contributed by atoms with Crippen molar-refractivity contribution in [3.8, 4) is 0 Å². The van der Waals surface area contributed by atoms with Gasteiger partial charge in [0.2, 0.25) is 0 Å². The van der Waals surface area contributed by atoms with Crippen LogP contribution in [0.1, 0.15) is 10.4 Å². The van der Waals surface area contributed by atoms with Crippen molar-refractivity contribution in [2.24, 2.45) is 7.05 Å². The minimum absolute atomic E-state index is 0.354. The number of aryl methyl sites for hydroxylation is 1. The van der Waals surface area contributed by atoms with Crippen LogP contribution in [0.3, 0.4) is 0 Å². The van der Waals surface area contributed by atoms with E-state index in [1.807, 2.05) is 17.7 Å². The van der Waals surface area contributed by atoms with Crippen LogP contribution < -0.4 is 0 Å². The number of pyridine rings is 1. The maximum absolute atomic E-state index is 13.4. The van der Waals surface area contributed by atoms with Gasteiger partial charge in [-0.3, -0.25) is 0 Å². The molecule has 3 rings (SSSR count). The highest BCUT2D eigenvalue weighted by Crippen LogP contribution is 2.31. The van der Waals surface area contributed by atoms with Gasteiger partial charge in [-0.15, -0.1) is 0 Å². The summed E-state index contributed by atoms with van der Waals surface area (Å²) in [4.78, 5) is 20.1. The van der Waals surface area contributed by atoms with Gasteiger partial charge in [0.1, 0.15) is 16.4 Å². The standard InChI is InChI=1S/C14H10FN3O2S/c1-18-7-17-12-11(18)4-5-16-13(12)21-8-2-3-10(15)9(6-8)14(19)20/h2-7H,1H3,(H,19,20). The average molecular weight is 303 g/mol. The van der Waals surface area contributed by atoms with E-state index in [1.54, 1.807) is 12.5 Å². The van der Waals surface area contributed by atoms with Gasteiger partial charge in [-0.2, -0.15) is 0 Å². The molecule has 0 aliphatic rings. The van der Waals surface area contributed by atoms with E-state index in [2.05, 4.69) is 9.97 Å². The molecule has 0 aliphatic heterocycles. The predicted octanol–water partition coefficient (Wildman–Crippen LogP) is 2.96. The Kier molecular flexibility index (Phi) is 3.34. The van der Waals surface area contributed by atoms with Crippen molar-refractivity contribution >= 4 is 28.8 Å². The number of carbonyl (C=O) groups is 1. The van der Waals surface area contributed by atoms with Crippen molar-refractivity contribution in [2.45, 2.75) is 9.92 Å². The number of aromatic nitrogens is 3. The molecule has 5 nitrogen and oxygen atoms in total. The van der Waals surface area contributed by atoms with Crippen molar-refractivity contribution in [1.29, 1.82) is 0 Å².